The van der Waals surface area contributed by atoms with Crippen LogP contribution in [0.4, 0.5) is 5.69 Å². The SMILES string of the molecule is CCCCCCCOc1cc(Sc2nnc(-c3ccc(C(C)(C)C)cc3)n2C)ccc1CNc1ccc(CC(=O)NCCCCC)cc1. The molecule has 1 aromatic heterocycles. The molecule has 0 bridgehead atoms. The van der Waals surface area contributed by atoms with Gasteiger partial charge in [0.2, 0.25) is 5.91 Å². The molecule has 4 aromatic rings. The van der Waals surface area contributed by atoms with Crippen molar-refractivity contribution >= 4 is 23.4 Å². The monoisotopic (exact) mass is 669 g/mol. The predicted octanol–water partition coefficient (Wildman–Crippen LogP) is 9.74. The van der Waals surface area contributed by atoms with Crippen molar-refractivity contribution in [1.82, 2.24) is 20.1 Å². The molecule has 0 spiro atoms. The molecule has 0 saturated heterocycles. The van der Waals surface area contributed by atoms with Gasteiger partial charge in [-0.1, -0.05) is 116 Å². The van der Waals surface area contributed by atoms with Crippen molar-refractivity contribution in [3.05, 3.63) is 83.4 Å². The van der Waals surface area contributed by atoms with Crippen LogP contribution in [0.5, 0.6) is 5.75 Å². The zero-order valence-corrected chi connectivity index (χ0v) is 30.7. The maximum absolute atomic E-state index is 12.3. The number of benzene rings is 3. The molecule has 0 unspecified atom stereocenters. The van der Waals surface area contributed by atoms with Gasteiger partial charge in [-0.25, -0.2) is 0 Å². The van der Waals surface area contributed by atoms with Crippen molar-refractivity contribution in [3.8, 4) is 17.1 Å². The van der Waals surface area contributed by atoms with E-state index in [9.17, 15) is 4.79 Å². The molecule has 0 atom stereocenters. The number of aromatic nitrogens is 3. The summed E-state index contributed by atoms with van der Waals surface area (Å²) in [6.45, 7) is 13.1. The number of hydrogen-bond acceptors (Lipinski definition) is 6. The summed E-state index contributed by atoms with van der Waals surface area (Å²) in [5, 5.41) is 16.5. The number of hydrogen-bond donors (Lipinski definition) is 2. The van der Waals surface area contributed by atoms with E-state index in [1.54, 1.807) is 11.8 Å². The molecule has 0 fully saturated rings. The van der Waals surface area contributed by atoms with Crippen LogP contribution in [-0.2, 0) is 30.2 Å². The highest BCUT2D eigenvalue weighted by molar-refractivity contribution is 7.99. The summed E-state index contributed by atoms with van der Waals surface area (Å²) in [6.07, 6.45) is 9.69. The molecule has 0 aliphatic rings. The number of carbonyl (C=O) groups is 1. The summed E-state index contributed by atoms with van der Waals surface area (Å²) in [5.41, 5.74) is 5.57. The average molecular weight is 670 g/mol. The molecule has 1 amide bonds. The van der Waals surface area contributed by atoms with Crippen LogP contribution < -0.4 is 15.4 Å². The van der Waals surface area contributed by atoms with Crippen molar-refractivity contribution in [2.75, 3.05) is 18.5 Å². The van der Waals surface area contributed by atoms with Crippen molar-refractivity contribution < 1.29 is 9.53 Å². The molecule has 8 heteroatoms. The molecule has 0 radical (unpaired) electrons. The van der Waals surface area contributed by atoms with Crippen LogP contribution in [0.3, 0.4) is 0 Å². The van der Waals surface area contributed by atoms with Crippen LogP contribution in [0.2, 0.25) is 0 Å². The second-order valence-corrected chi connectivity index (χ2v) is 14.7. The third kappa shape index (κ3) is 11.4. The Morgan fingerprint density at radius 3 is 2.27 bits per heavy atom. The highest BCUT2D eigenvalue weighted by Gasteiger charge is 2.17. The molecule has 1 heterocycles. The van der Waals surface area contributed by atoms with Crippen LogP contribution >= 0.6 is 11.8 Å². The van der Waals surface area contributed by atoms with Gasteiger partial charge in [0.25, 0.3) is 0 Å². The third-order valence-electron chi connectivity index (χ3n) is 8.50. The fourth-order valence-corrected chi connectivity index (χ4v) is 6.25. The van der Waals surface area contributed by atoms with E-state index in [0.717, 1.165) is 76.2 Å². The Balaban J connectivity index is 1.41. The second-order valence-electron chi connectivity index (χ2n) is 13.6. The molecule has 48 heavy (non-hydrogen) atoms. The molecule has 0 aliphatic heterocycles. The Morgan fingerprint density at radius 2 is 1.56 bits per heavy atom. The number of nitrogens with one attached hydrogen (secondary N) is 2. The second kappa shape index (κ2) is 18.7. The molecule has 0 aliphatic carbocycles. The van der Waals surface area contributed by atoms with Crippen LogP contribution in [0.1, 0.15) is 103 Å². The maximum Gasteiger partial charge on any atom is 0.224 e. The van der Waals surface area contributed by atoms with Gasteiger partial charge in [0.15, 0.2) is 11.0 Å². The Kier molecular flexibility index (Phi) is 14.4. The number of ether oxygens (including phenoxy) is 1. The summed E-state index contributed by atoms with van der Waals surface area (Å²) in [7, 11) is 2.02. The summed E-state index contributed by atoms with van der Waals surface area (Å²) in [5.74, 6) is 1.81. The molecule has 4 rings (SSSR count). The average Bonchev–Trinajstić information content (AvgIpc) is 3.43. The molecule has 3 aromatic carbocycles. The Bertz CT molecular complexity index is 1560. The van der Waals surface area contributed by atoms with E-state index >= 15 is 0 Å². The smallest absolute Gasteiger partial charge is 0.224 e. The lowest BCUT2D eigenvalue weighted by molar-refractivity contribution is -0.120. The van der Waals surface area contributed by atoms with Gasteiger partial charge in [-0.2, -0.15) is 0 Å². The Labute approximate surface area is 292 Å². The molecule has 7 nitrogen and oxygen atoms in total. The largest absolute Gasteiger partial charge is 0.493 e. The van der Waals surface area contributed by atoms with Crippen molar-refractivity contribution in [1.29, 1.82) is 0 Å². The topological polar surface area (TPSA) is 81.1 Å². The van der Waals surface area contributed by atoms with Gasteiger partial charge < -0.3 is 19.9 Å². The number of nitrogens with zero attached hydrogens (tertiary/aromatic N) is 3. The first-order valence-electron chi connectivity index (χ1n) is 17.7. The number of carbonyl (C=O) groups excluding carboxylic acids is 1. The highest BCUT2D eigenvalue weighted by atomic mass is 32.2. The fourth-order valence-electron chi connectivity index (χ4n) is 5.43. The van der Waals surface area contributed by atoms with E-state index in [-0.39, 0.29) is 11.3 Å². The van der Waals surface area contributed by atoms with Crippen molar-refractivity contribution in [2.24, 2.45) is 7.05 Å². The van der Waals surface area contributed by atoms with E-state index < -0.39 is 0 Å². The minimum Gasteiger partial charge on any atom is -0.493 e. The Morgan fingerprint density at radius 1 is 0.854 bits per heavy atom. The normalized spacial score (nSPS) is 11.5. The zero-order valence-electron chi connectivity index (χ0n) is 29.9. The summed E-state index contributed by atoms with van der Waals surface area (Å²) < 4.78 is 8.45. The first kappa shape index (κ1) is 37.0. The standard InChI is InChI=1S/C40H55N5O2S/c1-7-9-11-12-14-26-47-36-28-35(48-39-44-43-38(45(39)6)31-17-20-33(21-18-31)40(3,4)5)24-19-32(36)29-42-34-22-15-30(16-23-34)27-37(46)41-25-13-10-8-2/h15-24,28,42H,7-14,25-27,29H2,1-6H3,(H,41,46). The Hall–Kier alpha value is -3.78. The van der Waals surface area contributed by atoms with E-state index in [0.29, 0.717) is 19.6 Å². The first-order valence-corrected chi connectivity index (χ1v) is 18.5. The number of unbranched alkanes of at least 4 members (excludes halogenated alkanes) is 6. The van der Waals surface area contributed by atoms with Crippen LogP contribution in [-0.4, -0.2) is 33.8 Å². The summed E-state index contributed by atoms with van der Waals surface area (Å²) in [4.78, 5) is 13.3. The van der Waals surface area contributed by atoms with E-state index in [4.69, 9.17) is 4.74 Å². The number of rotatable bonds is 19. The maximum atomic E-state index is 12.3. The van der Waals surface area contributed by atoms with E-state index in [2.05, 4.69) is 102 Å². The molecule has 0 saturated carbocycles. The number of amides is 1. The first-order chi connectivity index (χ1) is 23.2. The molecular formula is C40H55N5O2S. The third-order valence-corrected chi connectivity index (χ3v) is 9.53. The van der Waals surface area contributed by atoms with Crippen molar-refractivity contribution in [3.63, 3.8) is 0 Å². The zero-order chi connectivity index (χ0) is 34.4. The summed E-state index contributed by atoms with van der Waals surface area (Å²) >= 11 is 1.59. The van der Waals surface area contributed by atoms with Crippen LogP contribution in [0.25, 0.3) is 11.4 Å². The lowest BCUT2D eigenvalue weighted by atomic mass is 9.87. The van der Waals surface area contributed by atoms with Gasteiger partial charge in [0.05, 0.1) is 13.0 Å². The minimum atomic E-state index is 0.0774. The molecular weight excluding hydrogens is 615 g/mol. The van der Waals surface area contributed by atoms with Gasteiger partial charge in [-0.15, -0.1) is 10.2 Å². The quantitative estimate of drug-likeness (QED) is 0.0968. The van der Waals surface area contributed by atoms with Crippen LogP contribution in [0.15, 0.2) is 76.8 Å². The van der Waals surface area contributed by atoms with Crippen molar-refractivity contribution in [2.45, 2.75) is 114 Å². The number of anilines is 1. The lowest BCUT2D eigenvalue weighted by Gasteiger charge is -2.19. The van der Waals surface area contributed by atoms with Gasteiger partial charge in [-0.05, 0) is 65.4 Å². The van der Waals surface area contributed by atoms with E-state index in [1.807, 2.05) is 31.3 Å². The summed E-state index contributed by atoms with van der Waals surface area (Å²) in [6, 6.07) is 23.2. The highest BCUT2D eigenvalue weighted by Crippen LogP contribution is 2.34. The van der Waals surface area contributed by atoms with Gasteiger partial charge >= 0.3 is 0 Å². The van der Waals surface area contributed by atoms with Gasteiger partial charge in [-0.3, -0.25) is 4.79 Å². The lowest BCUT2D eigenvalue weighted by Crippen LogP contribution is -2.26. The predicted molar refractivity (Wildman–Crippen MR) is 200 cm³/mol. The van der Waals surface area contributed by atoms with Crippen LogP contribution in [0, 0.1) is 0 Å². The van der Waals surface area contributed by atoms with E-state index in [1.165, 1.54) is 31.2 Å². The molecule has 258 valence electrons. The minimum absolute atomic E-state index is 0.0774. The fraction of sp³-hybridized carbons (Fsp3) is 0.475. The van der Waals surface area contributed by atoms with Gasteiger partial charge in [0, 0.05) is 41.8 Å². The molecule has 2 N–H and O–H groups in total. The van der Waals surface area contributed by atoms with Gasteiger partial charge in [0.1, 0.15) is 5.75 Å².